The number of aliphatic hydroxyl groups is 1. The van der Waals surface area contributed by atoms with Gasteiger partial charge in [0.1, 0.15) is 5.60 Å². The highest BCUT2D eigenvalue weighted by molar-refractivity contribution is 5.88. The van der Waals surface area contributed by atoms with Crippen molar-refractivity contribution >= 4 is 11.8 Å². The second kappa shape index (κ2) is 7.26. The molecule has 5 aliphatic rings. The number of carbonyl (C=O) groups excluding carboxylic acids is 2. The average molecular weight is 391 g/mol. The predicted octanol–water partition coefficient (Wildman–Crippen LogP) is -0.0616. The molecule has 3 aliphatic heterocycles. The average Bonchev–Trinajstić information content (AvgIpc) is 3.14. The highest BCUT2D eigenvalue weighted by Crippen LogP contribution is 2.39. The molecule has 2 saturated carbocycles. The summed E-state index contributed by atoms with van der Waals surface area (Å²) in [6, 6.07) is 1.31. The second-order valence-corrected chi connectivity index (χ2v) is 9.71. The Morgan fingerprint density at radius 2 is 1.57 bits per heavy atom. The van der Waals surface area contributed by atoms with Crippen molar-refractivity contribution in [2.75, 3.05) is 39.3 Å². The van der Waals surface area contributed by atoms with Crippen LogP contribution in [0.5, 0.6) is 0 Å². The predicted molar refractivity (Wildman–Crippen MR) is 104 cm³/mol. The van der Waals surface area contributed by atoms with Gasteiger partial charge in [-0.2, -0.15) is 0 Å². The summed E-state index contributed by atoms with van der Waals surface area (Å²) in [5, 5.41) is 17.4. The lowest BCUT2D eigenvalue weighted by molar-refractivity contribution is -0.148. The first kappa shape index (κ1) is 18.8. The minimum absolute atomic E-state index is 0.135. The van der Waals surface area contributed by atoms with Gasteiger partial charge in [0.2, 0.25) is 5.91 Å². The number of rotatable bonds is 3. The molecular formula is C21H34N4O3. The van der Waals surface area contributed by atoms with Crippen LogP contribution in [0, 0.1) is 17.8 Å². The number of hydrogen-bond acceptors (Lipinski definition) is 5. The molecule has 0 bridgehead atoms. The van der Waals surface area contributed by atoms with Crippen molar-refractivity contribution < 1.29 is 14.7 Å². The maximum atomic E-state index is 13.0. The van der Waals surface area contributed by atoms with Gasteiger partial charge < -0.3 is 25.5 Å². The van der Waals surface area contributed by atoms with E-state index in [0.29, 0.717) is 51.1 Å². The van der Waals surface area contributed by atoms with Crippen molar-refractivity contribution in [2.45, 2.75) is 62.6 Å². The molecule has 0 spiro atoms. The molecular weight excluding hydrogens is 356 g/mol. The van der Waals surface area contributed by atoms with Gasteiger partial charge in [0.15, 0.2) is 0 Å². The third kappa shape index (κ3) is 3.35. The van der Waals surface area contributed by atoms with Crippen molar-refractivity contribution in [3.8, 4) is 0 Å². The molecule has 2 amide bonds. The van der Waals surface area contributed by atoms with Crippen LogP contribution in [0.2, 0.25) is 0 Å². The van der Waals surface area contributed by atoms with Crippen molar-refractivity contribution in [2.24, 2.45) is 17.8 Å². The lowest BCUT2D eigenvalue weighted by Gasteiger charge is -2.39. The Bertz CT molecular complexity index is 621. The number of hydrogen-bond donors (Lipinski definition) is 3. The van der Waals surface area contributed by atoms with E-state index in [-0.39, 0.29) is 17.7 Å². The van der Waals surface area contributed by atoms with Gasteiger partial charge >= 0.3 is 0 Å². The largest absolute Gasteiger partial charge is 0.380 e. The molecule has 0 aromatic heterocycles. The standard InChI is InChI=1S/C21H34N4O3/c26-19(24-9-11-25(12-10-24)20(27)21(28)6-7-21)15-3-1-14(2-4-15)16-13-23-17-5-8-22-18(16)17/h14-18,22-23,28H,1-13H2. The highest BCUT2D eigenvalue weighted by atomic mass is 16.3. The number of amides is 2. The minimum atomic E-state index is -1.09. The monoisotopic (exact) mass is 390 g/mol. The van der Waals surface area contributed by atoms with Crippen LogP contribution in [-0.4, -0.2) is 83.7 Å². The molecule has 3 heterocycles. The summed E-state index contributed by atoms with van der Waals surface area (Å²) in [6.07, 6.45) is 6.77. The van der Waals surface area contributed by atoms with E-state index < -0.39 is 5.60 Å². The number of nitrogens with one attached hydrogen (secondary N) is 2. The number of nitrogens with zero attached hydrogens (tertiary/aromatic N) is 2. The third-order valence-electron chi connectivity index (χ3n) is 8.07. The van der Waals surface area contributed by atoms with E-state index in [4.69, 9.17) is 0 Å². The second-order valence-electron chi connectivity index (χ2n) is 9.71. The Morgan fingerprint density at radius 1 is 0.893 bits per heavy atom. The number of fused-ring (bicyclic) bond motifs is 1. The van der Waals surface area contributed by atoms with Crippen LogP contribution < -0.4 is 10.6 Å². The molecule has 28 heavy (non-hydrogen) atoms. The minimum Gasteiger partial charge on any atom is -0.380 e. The highest BCUT2D eigenvalue weighted by Gasteiger charge is 2.50. The molecule has 3 unspecified atom stereocenters. The fourth-order valence-corrected chi connectivity index (χ4v) is 6.09. The lowest BCUT2D eigenvalue weighted by Crippen LogP contribution is -2.54. The Kier molecular flexibility index (Phi) is 4.88. The van der Waals surface area contributed by atoms with Gasteiger partial charge in [0.25, 0.3) is 5.91 Å². The summed E-state index contributed by atoms with van der Waals surface area (Å²) in [7, 11) is 0. The Labute approximate surface area is 167 Å². The van der Waals surface area contributed by atoms with Crippen molar-refractivity contribution in [3.63, 3.8) is 0 Å². The van der Waals surface area contributed by atoms with Crippen molar-refractivity contribution in [1.29, 1.82) is 0 Å². The Hall–Kier alpha value is -1.18. The molecule has 0 aromatic rings. The number of piperazine rings is 1. The molecule has 7 nitrogen and oxygen atoms in total. The lowest BCUT2D eigenvalue weighted by atomic mass is 9.73. The molecule has 5 rings (SSSR count). The molecule has 2 aliphatic carbocycles. The SMILES string of the molecule is O=C(C1CCC(C2CNC3CCNC32)CC1)N1CCN(C(=O)C2(O)CC2)CC1. The number of carbonyl (C=O) groups is 2. The van der Waals surface area contributed by atoms with Gasteiger partial charge in [0.05, 0.1) is 0 Å². The van der Waals surface area contributed by atoms with E-state index >= 15 is 0 Å². The van der Waals surface area contributed by atoms with E-state index in [0.717, 1.165) is 37.8 Å². The molecule has 7 heteroatoms. The van der Waals surface area contributed by atoms with Crippen LogP contribution in [0.1, 0.15) is 44.9 Å². The molecule has 0 radical (unpaired) electrons. The van der Waals surface area contributed by atoms with Crippen LogP contribution >= 0.6 is 0 Å². The molecule has 0 aromatic carbocycles. The fraction of sp³-hybridized carbons (Fsp3) is 0.905. The van der Waals surface area contributed by atoms with Gasteiger partial charge in [-0.05, 0) is 63.3 Å². The topological polar surface area (TPSA) is 84.9 Å². The van der Waals surface area contributed by atoms with E-state index in [9.17, 15) is 14.7 Å². The van der Waals surface area contributed by atoms with Gasteiger partial charge in [0, 0.05) is 50.7 Å². The maximum absolute atomic E-state index is 13.0. The Balaban J connectivity index is 1.09. The molecule has 3 N–H and O–H groups in total. The zero-order chi connectivity index (χ0) is 19.3. The van der Waals surface area contributed by atoms with E-state index in [1.165, 1.54) is 19.3 Å². The van der Waals surface area contributed by atoms with Crippen LogP contribution in [0.15, 0.2) is 0 Å². The van der Waals surface area contributed by atoms with Crippen LogP contribution in [-0.2, 0) is 9.59 Å². The van der Waals surface area contributed by atoms with E-state index in [2.05, 4.69) is 10.6 Å². The molecule has 5 fully saturated rings. The molecule has 3 atom stereocenters. The normalized spacial score (nSPS) is 39.7. The van der Waals surface area contributed by atoms with E-state index in [1.54, 1.807) is 4.90 Å². The third-order valence-corrected chi connectivity index (χ3v) is 8.07. The van der Waals surface area contributed by atoms with Gasteiger partial charge in [-0.3, -0.25) is 9.59 Å². The zero-order valence-electron chi connectivity index (χ0n) is 16.7. The first-order chi connectivity index (χ1) is 13.5. The first-order valence-electron chi connectivity index (χ1n) is 11.3. The summed E-state index contributed by atoms with van der Waals surface area (Å²) in [6.45, 7) is 4.61. The Morgan fingerprint density at radius 3 is 2.25 bits per heavy atom. The van der Waals surface area contributed by atoms with E-state index in [1.807, 2.05) is 4.90 Å². The van der Waals surface area contributed by atoms with Gasteiger partial charge in [-0.25, -0.2) is 0 Å². The zero-order valence-corrected chi connectivity index (χ0v) is 16.7. The summed E-state index contributed by atoms with van der Waals surface area (Å²) in [5.41, 5.74) is -1.09. The van der Waals surface area contributed by atoms with Crippen molar-refractivity contribution in [3.05, 3.63) is 0 Å². The van der Waals surface area contributed by atoms with Crippen molar-refractivity contribution in [1.82, 2.24) is 20.4 Å². The molecule has 3 saturated heterocycles. The quantitative estimate of drug-likeness (QED) is 0.629. The van der Waals surface area contributed by atoms with Crippen LogP contribution in [0.4, 0.5) is 0 Å². The smallest absolute Gasteiger partial charge is 0.254 e. The summed E-state index contributed by atoms with van der Waals surface area (Å²) in [5.74, 6) is 1.78. The molecule has 156 valence electrons. The fourth-order valence-electron chi connectivity index (χ4n) is 6.09. The summed E-state index contributed by atoms with van der Waals surface area (Å²) in [4.78, 5) is 29.0. The van der Waals surface area contributed by atoms with Crippen LogP contribution in [0.25, 0.3) is 0 Å². The van der Waals surface area contributed by atoms with Gasteiger partial charge in [-0.1, -0.05) is 0 Å². The first-order valence-corrected chi connectivity index (χ1v) is 11.3. The van der Waals surface area contributed by atoms with Gasteiger partial charge in [-0.15, -0.1) is 0 Å². The van der Waals surface area contributed by atoms with Crippen LogP contribution in [0.3, 0.4) is 0 Å². The maximum Gasteiger partial charge on any atom is 0.254 e. The summed E-state index contributed by atoms with van der Waals surface area (Å²) < 4.78 is 0. The summed E-state index contributed by atoms with van der Waals surface area (Å²) >= 11 is 0.